The predicted molar refractivity (Wildman–Crippen MR) is 148 cm³/mol. The van der Waals surface area contributed by atoms with Gasteiger partial charge in [-0.3, -0.25) is 4.79 Å². The molecule has 0 saturated heterocycles. The van der Waals surface area contributed by atoms with Gasteiger partial charge in [0.15, 0.2) is 0 Å². The number of fused-ring (bicyclic) bond motifs is 5. The maximum absolute atomic E-state index is 13.2. The summed E-state index contributed by atoms with van der Waals surface area (Å²) in [6, 6.07) is 18.7. The van der Waals surface area contributed by atoms with Gasteiger partial charge in [0.25, 0.3) is 5.91 Å². The summed E-state index contributed by atoms with van der Waals surface area (Å²) in [5.41, 5.74) is 12.1. The van der Waals surface area contributed by atoms with Gasteiger partial charge in [-0.25, -0.2) is 0 Å². The lowest BCUT2D eigenvalue weighted by atomic mass is 9.92. The summed E-state index contributed by atoms with van der Waals surface area (Å²) in [7, 11) is 4.13. The first kappa shape index (κ1) is 24.3. The second kappa shape index (κ2) is 9.60. The SMILES string of the molecule is CN(C)CCCOc1ccccc1-c1cc2c(c3c1C(=O)NC3)c1ccccc1n2CCC(C)(C)N. The lowest BCUT2D eigenvalue weighted by Crippen LogP contribution is -2.33. The summed E-state index contributed by atoms with van der Waals surface area (Å²) in [6.07, 6.45) is 1.78. The predicted octanol–water partition coefficient (Wildman–Crippen LogP) is 5.16. The summed E-state index contributed by atoms with van der Waals surface area (Å²) in [6.45, 7) is 7.05. The van der Waals surface area contributed by atoms with Crippen molar-refractivity contribution in [3.8, 4) is 16.9 Å². The molecule has 36 heavy (non-hydrogen) atoms. The first-order valence-electron chi connectivity index (χ1n) is 12.8. The summed E-state index contributed by atoms with van der Waals surface area (Å²) in [5.74, 6) is 0.785. The number of nitrogens with two attached hydrogens (primary N) is 1. The highest BCUT2D eigenvalue weighted by Gasteiger charge is 2.29. The van der Waals surface area contributed by atoms with Crippen LogP contribution in [-0.2, 0) is 13.1 Å². The van der Waals surface area contributed by atoms with E-state index in [0.717, 1.165) is 64.8 Å². The van der Waals surface area contributed by atoms with Crippen molar-refractivity contribution in [3.05, 3.63) is 65.7 Å². The first-order chi connectivity index (χ1) is 17.2. The second-order valence-electron chi connectivity index (χ2n) is 10.8. The maximum Gasteiger partial charge on any atom is 0.252 e. The quantitative estimate of drug-likeness (QED) is 0.322. The van der Waals surface area contributed by atoms with Crippen LogP contribution in [0.25, 0.3) is 32.9 Å². The molecular weight excluding hydrogens is 448 g/mol. The minimum Gasteiger partial charge on any atom is -0.493 e. The van der Waals surface area contributed by atoms with E-state index in [-0.39, 0.29) is 11.4 Å². The van der Waals surface area contributed by atoms with Crippen LogP contribution in [0.1, 0.15) is 42.6 Å². The molecule has 3 N–H and O–H groups in total. The molecule has 1 aromatic heterocycles. The van der Waals surface area contributed by atoms with E-state index in [2.05, 4.69) is 79.1 Å². The minimum atomic E-state index is -0.276. The molecule has 5 rings (SSSR count). The van der Waals surface area contributed by atoms with Crippen LogP contribution >= 0.6 is 0 Å². The zero-order chi connectivity index (χ0) is 25.4. The minimum absolute atomic E-state index is 0.0239. The van der Waals surface area contributed by atoms with Crippen LogP contribution < -0.4 is 15.8 Å². The van der Waals surface area contributed by atoms with Gasteiger partial charge in [0, 0.05) is 52.6 Å². The zero-order valence-corrected chi connectivity index (χ0v) is 21.7. The zero-order valence-electron chi connectivity index (χ0n) is 21.7. The number of ether oxygens (including phenoxy) is 1. The molecule has 0 spiro atoms. The molecule has 0 bridgehead atoms. The number of aromatic nitrogens is 1. The third-order valence-corrected chi connectivity index (χ3v) is 6.98. The average Bonchev–Trinajstić information content (AvgIpc) is 3.37. The van der Waals surface area contributed by atoms with Gasteiger partial charge in [-0.2, -0.15) is 0 Å². The molecule has 0 fully saturated rings. The number of amides is 1. The molecule has 0 saturated carbocycles. The fraction of sp³-hybridized carbons (Fsp3) is 0.367. The number of para-hydroxylation sites is 2. The Morgan fingerprint density at radius 2 is 1.81 bits per heavy atom. The lowest BCUT2D eigenvalue weighted by molar-refractivity contribution is 0.0966. The third kappa shape index (κ3) is 4.59. The van der Waals surface area contributed by atoms with E-state index in [9.17, 15) is 4.79 Å². The molecule has 1 aliphatic heterocycles. The summed E-state index contributed by atoms with van der Waals surface area (Å²) in [4.78, 5) is 15.3. The largest absolute Gasteiger partial charge is 0.493 e. The first-order valence-corrected chi connectivity index (χ1v) is 12.8. The molecule has 188 valence electrons. The van der Waals surface area contributed by atoms with Crippen LogP contribution in [0.15, 0.2) is 54.6 Å². The van der Waals surface area contributed by atoms with Crippen molar-refractivity contribution in [2.75, 3.05) is 27.2 Å². The van der Waals surface area contributed by atoms with Crippen molar-refractivity contribution in [1.29, 1.82) is 0 Å². The van der Waals surface area contributed by atoms with Gasteiger partial charge in [0.2, 0.25) is 0 Å². The van der Waals surface area contributed by atoms with E-state index in [1.54, 1.807) is 0 Å². The number of rotatable bonds is 9. The normalized spacial score (nSPS) is 13.6. The van der Waals surface area contributed by atoms with Gasteiger partial charge >= 0.3 is 0 Å². The number of nitrogens with one attached hydrogen (secondary N) is 1. The standard InChI is InChI=1S/C30H36N4O2/c1-30(2,31)14-16-34-24-12-7-5-11-21(24)27-23-19-32-29(35)28(23)22(18-25(27)34)20-10-6-8-13-26(20)36-17-9-15-33(3)4/h5-8,10-13,18H,9,14-17,19,31H2,1-4H3,(H,32,35). The number of hydrogen-bond acceptors (Lipinski definition) is 4. The van der Waals surface area contributed by atoms with E-state index in [1.165, 1.54) is 10.9 Å². The van der Waals surface area contributed by atoms with E-state index in [4.69, 9.17) is 10.5 Å². The van der Waals surface area contributed by atoms with Crippen LogP contribution in [0.2, 0.25) is 0 Å². The van der Waals surface area contributed by atoms with Crippen molar-refractivity contribution in [2.24, 2.45) is 5.73 Å². The number of carbonyl (C=O) groups is 1. The Morgan fingerprint density at radius 3 is 2.58 bits per heavy atom. The van der Waals surface area contributed by atoms with Crippen molar-refractivity contribution < 1.29 is 9.53 Å². The van der Waals surface area contributed by atoms with Crippen LogP contribution in [0.3, 0.4) is 0 Å². The maximum atomic E-state index is 13.2. The number of benzene rings is 3. The smallest absolute Gasteiger partial charge is 0.252 e. The van der Waals surface area contributed by atoms with Gasteiger partial charge < -0.3 is 25.3 Å². The summed E-state index contributed by atoms with van der Waals surface area (Å²) < 4.78 is 8.62. The summed E-state index contributed by atoms with van der Waals surface area (Å²) in [5, 5.41) is 5.42. The van der Waals surface area contributed by atoms with Gasteiger partial charge in [0.1, 0.15) is 5.75 Å². The highest BCUT2D eigenvalue weighted by Crippen LogP contribution is 2.42. The molecule has 0 radical (unpaired) electrons. The molecule has 6 heteroatoms. The highest BCUT2D eigenvalue weighted by atomic mass is 16.5. The Morgan fingerprint density at radius 1 is 1.06 bits per heavy atom. The molecule has 0 unspecified atom stereocenters. The Labute approximate surface area is 213 Å². The Kier molecular flexibility index (Phi) is 6.49. The molecule has 1 aliphatic rings. The number of nitrogens with zero attached hydrogens (tertiary/aromatic N) is 2. The number of aryl methyl sites for hydroxylation is 1. The van der Waals surface area contributed by atoms with Gasteiger partial charge in [0.05, 0.1) is 17.7 Å². The van der Waals surface area contributed by atoms with Crippen LogP contribution in [0, 0.1) is 0 Å². The van der Waals surface area contributed by atoms with Crippen molar-refractivity contribution >= 4 is 27.7 Å². The van der Waals surface area contributed by atoms with Crippen LogP contribution in [0.5, 0.6) is 5.75 Å². The van der Waals surface area contributed by atoms with E-state index >= 15 is 0 Å². The van der Waals surface area contributed by atoms with Gasteiger partial charge in [-0.15, -0.1) is 0 Å². The molecule has 6 nitrogen and oxygen atoms in total. The Bertz CT molecular complexity index is 1430. The monoisotopic (exact) mass is 484 g/mol. The fourth-order valence-corrected chi connectivity index (χ4v) is 5.21. The Balaban J connectivity index is 1.69. The molecule has 2 heterocycles. The number of hydrogen-bond donors (Lipinski definition) is 2. The molecule has 3 aromatic carbocycles. The molecule has 1 amide bonds. The van der Waals surface area contributed by atoms with Gasteiger partial charge in [-0.1, -0.05) is 36.4 Å². The van der Waals surface area contributed by atoms with E-state index < -0.39 is 0 Å². The fourth-order valence-electron chi connectivity index (χ4n) is 5.21. The highest BCUT2D eigenvalue weighted by molar-refractivity contribution is 6.17. The molecular formula is C30H36N4O2. The number of carbonyl (C=O) groups excluding carboxylic acids is 1. The topological polar surface area (TPSA) is 72.5 Å². The van der Waals surface area contributed by atoms with Crippen LogP contribution in [-0.4, -0.2) is 48.2 Å². The van der Waals surface area contributed by atoms with E-state index in [0.29, 0.717) is 13.2 Å². The van der Waals surface area contributed by atoms with Crippen molar-refractivity contribution in [3.63, 3.8) is 0 Å². The van der Waals surface area contributed by atoms with Crippen molar-refractivity contribution in [2.45, 2.75) is 45.3 Å². The molecule has 4 aromatic rings. The van der Waals surface area contributed by atoms with Crippen molar-refractivity contribution in [1.82, 2.24) is 14.8 Å². The van der Waals surface area contributed by atoms with Gasteiger partial charge in [-0.05, 0) is 64.5 Å². The molecule has 0 atom stereocenters. The molecule has 0 aliphatic carbocycles. The Hall–Kier alpha value is -3.35. The third-order valence-electron chi connectivity index (χ3n) is 6.98. The van der Waals surface area contributed by atoms with E-state index in [1.807, 2.05) is 18.2 Å². The van der Waals surface area contributed by atoms with Crippen LogP contribution in [0.4, 0.5) is 0 Å². The summed E-state index contributed by atoms with van der Waals surface area (Å²) >= 11 is 0. The lowest BCUT2D eigenvalue weighted by Gasteiger charge is -2.20. The average molecular weight is 485 g/mol. The second-order valence-corrected chi connectivity index (χ2v) is 10.8.